The van der Waals surface area contributed by atoms with Gasteiger partial charge in [0.2, 0.25) is 0 Å². The first-order chi connectivity index (χ1) is 7.85. The minimum Gasteiger partial charge on any atom is -0.481 e. The number of likely N-dealkylation sites (N-methyl/N-ethyl adjacent to an activating group) is 1. The fraction of sp³-hybridized carbons (Fsp3) is 0.500. The van der Waals surface area contributed by atoms with Crippen LogP contribution in [0, 0.1) is 12.3 Å². The van der Waals surface area contributed by atoms with Gasteiger partial charge in [-0.15, -0.1) is 0 Å². The van der Waals surface area contributed by atoms with E-state index in [2.05, 4.69) is 24.0 Å². The molecular formula is C14H19NO2. The van der Waals surface area contributed by atoms with Crippen LogP contribution in [0.3, 0.4) is 0 Å². The fourth-order valence-corrected chi connectivity index (χ4v) is 2.66. The van der Waals surface area contributed by atoms with Crippen LogP contribution in [0.25, 0.3) is 0 Å². The molecule has 0 amide bonds. The lowest BCUT2D eigenvalue weighted by Crippen LogP contribution is -2.46. The monoisotopic (exact) mass is 233 g/mol. The van der Waals surface area contributed by atoms with E-state index < -0.39 is 11.4 Å². The Morgan fingerprint density at radius 1 is 1.47 bits per heavy atom. The van der Waals surface area contributed by atoms with E-state index in [0.29, 0.717) is 0 Å². The van der Waals surface area contributed by atoms with E-state index in [9.17, 15) is 9.90 Å². The summed E-state index contributed by atoms with van der Waals surface area (Å²) < 4.78 is 0. The third-order valence-corrected chi connectivity index (χ3v) is 4.01. The molecule has 1 aromatic rings. The molecule has 1 aliphatic rings. The van der Waals surface area contributed by atoms with Gasteiger partial charge in [-0.2, -0.15) is 0 Å². The Labute approximate surface area is 102 Å². The van der Waals surface area contributed by atoms with Gasteiger partial charge in [0.1, 0.15) is 0 Å². The summed E-state index contributed by atoms with van der Waals surface area (Å²) in [6, 6.07) is 6.21. The smallest absolute Gasteiger partial charge is 0.311 e. The largest absolute Gasteiger partial charge is 0.481 e. The number of anilines is 1. The Hall–Kier alpha value is -1.51. The Balaban J connectivity index is 2.41. The number of rotatable bonds is 2. The first kappa shape index (κ1) is 12.0. The van der Waals surface area contributed by atoms with Crippen LogP contribution in [0.5, 0.6) is 0 Å². The number of fused-ring (bicyclic) bond motifs is 1. The lowest BCUT2D eigenvalue weighted by molar-refractivity contribution is -0.148. The lowest BCUT2D eigenvalue weighted by atomic mass is 9.82. The molecular weight excluding hydrogens is 214 g/mol. The highest BCUT2D eigenvalue weighted by molar-refractivity contribution is 5.77. The van der Waals surface area contributed by atoms with Gasteiger partial charge in [0.25, 0.3) is 0 Å². The van der Waals surface area contributed by atoms with Crippen molar-refractivity contribution < 1.29 is 9.90 Å². The molecule has 17 heavy (non-hydrogen) atoms. The molecule has 3 heteroatoms. The first-order valence-corrected chi connectivity index (χ1v) is 5.90. The molecule has 0 aromatic heterocycles. The number of hydrogen-bond donors (Lipinski definition) is 1. The minimum atomic E-state index is -0.736. The van der Waals surface area contributed by atoms with Crippen LogP contribution in [0.1, 0.15) is 25.0 Å². The van der Waals surface area contributed by atoms with Crippen LogP contribution in [0.4, 0.5) is 5.69 Å². The van der Waals surface area contributed by atoms with Crippen LogP contribution in [-0.2, 0) is 11.2 Å². The molecule has 1 unspecified atom stereocenters. The number of hydrogen-bond acceptors (Lipinski definition) is 2. The van der Waals surface area contributed by atoms with Crippen molar-refractivity contribution in [2.45, 2.75) is 33.2 Å². The maximum Gasteiger partial charge on any atom is 0.311 e. The maximum atomic E-state index is 11.4. The molecule has 0 fully saturated rings. The predicted octanol–water partition coefficient (Wildman–Crippen LogP) is 2.47. The minimum absolute atomic E-state index is 0.0242. The van der Waals surface area contributed by atoms with Gasteiger partial charge in [-0.25, -0.2) is 0 Å². The summed E-state index contributed by atoms with van der Waals surface area (Å²) in [5.41, 5.74) is 2.97. The number of carboxylic acid groups (broad SMARTS) is 1. The molecule has 2 rings (SSSR count). The molecule has 1 atom stereocenters. The second-order valence-corrected chi connectivity index (χ2v) is 5.43. The quantitative estimate of drug-likeness (QED) is 0.853. The van der Waals surface area contributed by atoms with Crippen molar-refractivity contribution in [3.05, 3.63) is 29.3 Å². The van der Waals surface area contributed by atoms with Crippen molar-refractivity contribution in [2.24, 2.45) is 5.41 Å². The maximum absolute atomic E-state index is 11.4. The molecule has 3 nitrogen and oxygen atoms in total. The number of benzene rings is 1. The van der Waals surface area contributed by atoms with E-state index in [1.54, 1.807) is 13.8 Å². The third kappa shape index (κ3) is 1.70. The van der Waals surface area contributed by atoms with Crippen LogP contribution in [0.2, 0.25) is 0 Å². The number of aryl methyl sites for hydroxylation is 1. The third-order valence-electron chi connectivity index (χ3n) is 4.01. The summed E-state index contributed by atoms with van der Waals surface area (Å²) >= 11 is 0. The highest BCUT2D eigenvalue weighted by Crippen LogP contribution is 2.40. The normalized spacial score (nSPS) is 19.3. The molecule has 1 aromatic carbocycles. The van der Waals surface area contributed by atoms with E-state index in [0.717, 1.165) is 6.42 Å². The molecule has 1 N–H and O–H groups in total. The zero-order valence-corrected chi connectivity index (χ0v) is 10.8. The van der Waals surface area contributed by atoms with Gasteiger partial charge in [0.15, 0.2) is 0 Å². The second-order valence-electron chi connectivity index (χ2n) is 5.43. The van der Waals surface area contributed by atoms with E-state index in [1.807, 2.05) is 13.1 Å². The molecule has 0 saturated heterocycles. The topological polar surface area (TPSA) is 40.5 Å². The molecule has 0 spiro atoms. The van der Waals surface area contributed by atoms with Gasteiger partial charge in [0, 0.05) is 18.8 Å². The van der Waals surface area contributed by atoms with Crippen molar-refractivity contribution in [3.63, 3.8) is 0 Å². The number of nitrogens with zero attached hydrogens (tertiary/aromatic N) is 1. The summed E-state index contributed by atoms with van der Waals surface area (Å²) in [4.78, 5) is 13.5. The van der Waals surface area contributed by atoms with Crippen molar-refractivity contribution >= 4 is 11.7 Å². The SMILES string of the molecule is Cc1cccc2c1CC(C(C)(C)C(=O)O)N2C. The van der Waals surface area contributed by atoms with Gasteiger partial charge in [-0.1, -0.05) is 12.1 Å². The summed E-state index contributed by atoms with van der Waals surface area (Å²) in [5.74, 6) is -0.736. The highest BCUT2D eigenvalue weighted by atomic mass is 16.4. The number of carboxylic acids is 1. The zero-order valence-electron chi connectivity index (χ0n) is 10.8. The molecule has 1 aliphatic heterocycles. The summed E-state index contributed by atoms with van der Waals surface area (Å²) in [5, 5.41) is 9.34. The summed E-state index contributed by atoms with van der Waals surface area (Å²) in [6.45, 7) is 5.69. The predicted molar refractivity (Wildman–Crippen MR) is 68.5 cm³/mol. The standard InChI is InChI=1S/C14H19NO2/c1-9-6-5-7-11-10(9)8-12(15(11)4)14(2,3)13(16)17/h5-7,12H,8H2,1-4H3,(H,16,17). The van der Waals surface area contributed by atoms with Crippen LogP contribution < -0.4 is 4.90 Å². The Bertz CT molecular complexity index is 465. The van der Waals surface area contributed by atoms with E-state index in [4.69, 9.17) is 0 Å². The second kappa shape index (κ2) is 3.76. The van der Waals surface area contributed by atoms with Gasteiger partial charge < -0.3 is 10.0 Å². The van der Waals surface area contributed by atoms with Crippen molar-refractivity contribution in [2.75, 3.05) is 11.9 Å². The van der Waals surface area contributed by atoms with Crippen molar-refractivity contribution in [3.8, 4) is 0 Å². The van der Waals surface area contributed by atoms with Crippen LogP contribution in [-0.4, -0.2) is 24.2 Å². The lowest BCUT2D eigenvalue weighted by Gasteiger charge is -2.33. The molecule has 0 saturated carbocycles. The van der Waals surface area contributed by atoms with Crippen LogP contribution >= 0.6 is 0 Å². The Kier molecular flexibility index (Phi) is 2.64. The molecule has 0 aliphatic carbocycles. The van der Waals surface area contributed by atoms with Gasteiger partial charge >= 0.3 is 5.97 Å². The van der Waals surface area contributed by atoms with Gasteiger partial charge in [-0.05, 0) is 44.4 Å². The molecule has 92 valence electrons. The fourth-order valence-electron chi connectivity index (χ4n) is 2.66. The van der Waals surface area contributed by atoms with E-state index in [1.165, 1.54) is 16.8 Å². The molecule has 0 bridgehead atoms. The Morgan fingerprint density at radius 3 is 2.65 bits per heavy atom. The average Bonchev–Trinajstić information content (AvgIpc) is 2.58. The number of carbonyl (C=O) groups is 1. The van der Waals surface area contributed by atoms with Crippen LogP contribution in [0.15, 0.2) is 18.2 Å². The zero-order chi connectivity index (χ0) is 12.8. The van der Waals surface area contributed by atoms with E-state index >= 15 is 0 Å². The average molecular weight is 233 g/mol. The molecule has 1 heterocycles. The van der Waals surface area contributed by atoms with Gasteiger partial charge in [-0.3, -0.25) is 4.79 Å². The first-order valence-electron chi connectivity index (χ1n) is 5.90. The molecule has 0 radical (unpaired) electrons. The van der Waals surface area contributed by atoms with E-state index in [-0.39, 0.29) is 6.04 Å². The summed E-state index contributed by atoms with van der Waals surface area (Å²) in [7, 11) is 1.99. The highest BCUT2D eigenvalue weighted by Gasteiger charge is 2.43. The number of aliphatic carboxylic acids is 1. The summed E-state index contributed by atoms with van der Waals surface area (Å²) in [6.07, 6.45) is 0.817. The van der Waals surface area contributed by atoms with Crippen molar-refractivity contribution in [1.29, 1.82) is 0 Å². The Morgan fingerprint density at radius 2 is 2.12 bits per heavy atom. The van der Waals surface area contributed by atoms with Crippen molar-refractivity contribution in [1.82, 2.24) is 0 Å². The van der Waals surface area contributed by atoms with Gasteiger partial charge in [0.05, 0.1) is 5.41 Å².